The van der Waals surface area contributed by atoms with Crippen molar-refractivity contribution in [2.24, 2.45) is 11.8 Å². The van der Waals surface area contributed by atoms with Gasteiger partial charge in [0.15, 0.2) is 11.5 Å². The fourth-order valence-corrected chi connectivity index (χ4v) is 2.33. The number of fused-ring (bicyclic) bond motifs is 1. The SMILES string of the molecule is COc1cc(OC(=O)OCC(C)C)c2ccccc2c1OC(=O)OCC(C)C. The van der Waals surface area contributed by atoms with Gasteiger partial charge in [0.05, 0.1) is 20.3 Å². The molecule has 0 unspecified atom stereocenters. The first kappa shape index (κ1) is 21.3. The van der Waals surface area contributed by atoms with Gasteiger partial charge in [0.1, 0.15) is 5.75 Å². The van der Waals surface area contributed by atoms with Gasteiger partial charge in [-0.3, -0.25) is 0 Å². The number of ether oxygens (including phenoxy) is 5. The van der Waals surface area contributed by atoms with Crippen LogP contribution < -0.4 is 14.2 Å². The molecule has 7 heteroatoms. The molecule has 0 radical (unpaired) electrons. The lowest BCUT2D eigenvalue weighted by molar-refractivity contribution is 0.0864. The third kappa shape index (κ3) is 5.77. The molecule has 0 bridgehead atoms. The number of carbonyl (C=O) groups is 2. The van der Waals surface area contributed by atoms with Gasteiger partial charge in [0.2, 0.25) is 0 Å². The van der Waals surface area contributed by atoms with Gasteiger partial charge in [-0.15, -0.1) is 0 Å². The zero-order valence-corrected chi connectivity index (χ0v) is 16.8. The third-order valence-electron chi connectivity index (χ3n) is 3.59. The lowest BCUT2D eigenvalue weighted by Gasteiger charge is -2.16. The molecule has 0 N–H and O–H groups in total. The predicted octanol–water partition coefficient (Wildman–Crippen LogP) is 5.19. The Bertz CT molecular complexity index is 827. The molecule has 28 heavy (non-hydrogen) atoms. The second kappa shape index (κ2) is 9.82. The maximum absolute atomic E-state index is 12.0. The maximum Gasteiger partial charge on any atom is 0.514 e. The number of hydrogen-bond donors (Lipinski definition) is 0. The van der Waals surface area contributed by atoms with Crippen molar-refractivity contribution < 1.29 is 33.3 Å². The van der Waals surface area contributed by atoms with Crippen LogP contribution in [0.1, 0.15) is 27.7 Å². The fraction of sp³-hybridized carbons (Fsp3) is 0.429. The highest BCUT2D eigenvalue weighted by atomic mass is 16.7. The molecule has 0 aromatic heterocycles. The molecule has 2 rings (SSSR count). The summed E-state index contributed by atoms with van der Waals surface area (Å²) in [5.41, 5.74) is 0. The van der Waals surface area contributed by atoms with E-state index in [4.69, 9.17) is 23.7 Å². The average molecular weight is 390 g/mol. The van der Waals surface area contributed by atoms with Gasteiger partial charge in [-0.2, -0.15) is 0 Å². The minimum absolute atomic E-state index is 0.179. The van der Waals surface area contributed by atoms with Crippen LogP contribution >= 0.6 is 0 Å². The van der Waals surface area contributed by atoms with Crippen molar-refractivity contribution in [3.05, 3.63) is 30.3 Å². The van der Waals surface area contributed by atoms with Crippen LogP contribution in [-0.4, -0.2) is 32.6 Å². The Balaban J connectivity index is 2.34. The van der Waals surface area contributed by atoms with Crippen LogP contribution in [0.2, 0.25) is 0 Å². The van der Waals surface area contributed by atoms with E-state index in [1.54, 1.807) is 24.3 Å². The topological polar surface area (TPSA) is 80.3 Å². The molecule has 152 valence electrons. The normalized spacial score (nSPS) is 10.8. The molecule has 2 aromatic carbocycles. The van der Waals surface area contributed by atoms with Crippen molar-refractivity contribution >= 4 is 23.1 Å². The van der Waals surface area contributed by atoms with Gasteiger partial charge >= 0.3 is 12.3 Å². The molecule has 0 saturated carbocycles. The number of rotatable bonds is 7. The number of methoxy groups -OCH3 is 1. The highest BCUT2D eigenvalue weighted by molar-refractivity contribution is 5.97. The lowest BCUT2D eigenvalue weighted by Crippen LogP contribution is -2.16. The Morgan fingerprint density at radius 1 is 0.821 bits per heavy atom. The zero-order valence-electron chi connectivity index (χ0n) is 16.8. The van der Waals surface area contributed by atoms with Crippen LogP contribution in [0.5, 0.6) is 17.2 Å². The molecular weight excluding hydrogens is 364 g/mol. The van der Waals surface area contributed by atoms with Crippen molar-refractivity contribution in [2.45, 2.75) is 27.7 Å². The van der Waals surface area contributed by atoms with E-state index in [1.165, 1.54) is 13.2 Å². The first-order valence-electron chi connectivity index (χ1n) is 9.10. The van der Waals surface area contributed by atoms with Crippen LogP contribution in [0, 0.1) is 11.8 Å². The summed E-state index contributed by atoms with van der Waals surface area (Å²) in [6, 6.07) is 8.50. The van der Waals surface area contributed by atoms with E-state index < -0.39 is 12.3 Å². The Kier molecular flexibility index (Phi) is 7.49. The van der Waals surface area contributed by atoms with Gasteiger partial charge in [-0.05, 0) is 11.8 Å². The Labute approximate surface area is 164 Å². The van der Waals surface area contributed by atoms with Crippen LogP contribution in [0.3, 0.4) is 0 Å². The summed E-state index contributed by atoms with van der Waals surface area (Å²) < 4.78 is 26.2. The molecular formula is C21H26O7. The highest BCUT2D eigenvalue weighted by Gasteiger charge is 2.20. The standard InChI is InChI=1S/C21H26O7/c1-13(2)11-25-20(22)27-17-10-18(24-5)19(16-9-7-6-8-15(16)17)28-21(23)26-12-14(3)4/h6-10,13-14H,11-12H2,1-5H3. The molecule has 0 fully saturated rings. The minimum Gasteiger partial charge on any atom is -0.493 e. The molecule has 0 amide bonds. The Hall–Kier alpha value is -2.96. The number of carbonyl (C=O) groups excluding carboxylic acids is 2. The molecule has 0 spiro atoms. The summed E-state index contributed by atoms with van der Waals surface area (Å²) in [4.78, 5) is 24.0. The van der Waals surface area contributed by atoms with Crippen molar-refractivity contribution in [1.29, 1.82) is 0 Å². The molecule has 0 aliphatic carbocycles. The molecule has 0 atom stereocenters. The van der Waals surface area contributed by atoms with E-state index in [9.17, 15) is 9.59 Å². The second-order valence-electron chi connectivity index (χ2n) is 7.07. The summed E-state index contributed by atoms with van der Waals surface area (Å²) >= 11 is 0. The Morgan fingerprint density at radius 2 is 1.36 bits per heavy atom. The first-order chi connectivity index (χ1) is 13.3. The largest absolute Gasteiger partial charge is 0.514 e. The van der Waals surface area contributed by atoms with Crippen LogP contribution in [0.4, 0.5) is 9.59 Å². The van der Waals surface area contributed by atoms with Crippen LogP contribution in [-0.2, 0) is 9.47 Å². The lowest BCUT2D eigenvalue weighted by atomic mass is 10.1. The van der Waals surface area contributed by atoms with E-state index in [0.717, 1.165) is 0 Å². The predicted molar refractivity (Wildman–Crippen MR) is 104 cm³/mol. The van der Waals surface area contributed by atoms with Crippen molar-refractivity contribution in [3.63, 3.8) is 0 Å². The Morgan fingerprint density at radius 3 is 1.89 bits per heavy atom. The zero-order chi connectivity index (χ0) is 20.7. The van der Waals surface area contributed by atoms with Crippen molar-refractivity contribution in [3.8, 4) is 17.2 Å². The number of benzene rings is 2. The van der Waals surface area contributed by atoms with E-state index in [-0.39, 0.29) is 42.3 Å². The number of hydrogen-bond acceptors (Lipinski definition) is 7. The molecule has 0 heterocycles. The highest BCUT2D eigenvalue weighted by Crippen LogP contribution is 2.41. The summed E-state index contributed by atoms with van der Waals surface area (Å²) in [6.07, 6.45) is -1.65. The minimum atomic E-state index is -0.831. The summed E-state index contributed by atoms with van der Waals surface area (Å²) in [7, 11) is 1.43. The van der Waals surface area contributed by atoms with E-state index in [0.29, 0.717) is 10.8 Å². The third-order valence-corrected chi connectivity index (χ3v) is 3.59. The van der Waals surface area contributed by atoms with Crippen molar-refractivity contribution in [1.82, 2.24) is 0 Å². The van der Waals surface area contributed by atoms with Gasteiger partial charge in [-0.25, -0.2) is 9.59 Å². The van der Waals surface area contributed by atoms with Gasteiger partial charge in [0, 0.05) is 16.8 Å². The van der Waals surface area contributed by atoms with E-state index in [2.05, 4.69) is 0 Å². The summed E-state index contributed by atoms with van der Waals surface area (Å²) in [6.45, 7) is 8.19. The summed E-state index contributed by atoms with van der Waals surface area (Å²) in [5, 5.41) is 1.10. The molecule has 0 aliphatic rings. The molecule has 0 saturated heterocycles. The smallest absolute Gasteiger partial charge is 0.493 e. The van der Waals surface area contributed by atoms with E-state index in [1.807, 2.05) is 27.7 Å². The van der Waals surface area contributed by atoms with Crippen LogP contribution in [0.25, 0.3) is 10.8 Å². The van der Waals surface area contributed by atoms with E-state index >= 15 is 0 Å². The fourth-order valence-electron chi connectivity index (χ4n) is 2.33. The van der Waals surface area contributed by atoms with Gasteiger partial charge in [-0.1, -0.05) is 52.0 Å². The molecule has 2 aromatic rings. The maximum atomic E-state index is 12.0. The van der Waals surface area contributed by atoms with Crippen molar-refractivity contribution in [2.75, 3.05) is 20.3 Å². The average Bonchev–Trinajstić information content (AvgIpc) is 2.66. The van der Waals surface area contributed by atoms with Gasteiger partial charge in [0.25, 0.3) is 0 Å². The monoisotopic (exact) mass is 390 g/mol. The quantitative estimate of drug-likeness (QED) is 0.475. The molecule has 7 nitrogen and oxygen atoms in total. The van der Waals surface area contributed by atoms with Gasteiger partial charge < -0.3 is 23.7 Å². The second-order valence-corrected chi connectivity index (χ2v) is 7.07. The van der Waals surface area contributed by atoms with Crippen LogP contribution in [0.15, 0.2) is 30.3 Å². The summed E-state index contributed by atoms with van der Waals surface area (Å²) in [5.74, 6) is 1.02. The first-order valence-corrected chi connectivity index (χ1v) is 9.10. The molecule has 0 aliphatic heterocycles.